The van der Waals surface area contributed by atoms with Crippen LogP contribution in [0.25, 0.3) is 0 Å². The smallest absolute Gasteiger partial charge is 0.344 e. The third kappa shape index (κ3) is 5.27. The van der Waals surface area contributed by atoms with Crippen molar-refractivity contribution in [1.82, 2.24) is 0 Å². The maximum absolute atomic E-state index is 13.4. The molecule has 126 valence electrons. The molecule has 0 aromatic heterocycles. The molecular formula is C17H16FNO4S. The Labute approximate surface area is 142 Å². The van der Waals surface area contributed by atoms with Crippen LogP contribution in [0.15, 0.2) is 53.4 Å². The summed E-state index contributed by atoms with van der Waals surface area (Å²) in [5.41, 5.74) is 5.41. The van der Waals surface area contributed by atoms with E-state index in [1.165, 1.54) is 23.9 Å². The van der Waals surface area contributed by atoms with Gasteiger partial charge in [-0.15, -0.1) is 11.8 Å². The summed E-state index contributed by atoms with van der Waals surface area (Å²) in [5, 5.41) is 0. The van der Waals surface area contributed by atoms with Gasteiger partial charge < -0.3 is 15.2 Å². The van der Waals surface area contributed by atoms with Gasteiger partial charge in [0.25, 0.3) is 5.91 Å². The molecule has 0 radical (unpaired) electrons. The number of rotatable bonds is 8. The Morgan fingerprint density at radius 3 is 2.54 bits per heavy atom. The van der Waals surface area contributed by atoms with Crippen LogP contribution in [0.3, 0.4) is 0 Å². The van der Waals surface area contributed by atoms with Gasteiger partial charge >= 0.3 is 5.97 Å². The predicted molar refractivity (Wildman–Crippen MR) is 88.5 cm³/mol. The highest BCUT2D eigenvalue weighted by Crippen LogP contribution is 2.21. The van der Waals surface area contributed by atoms with Crippen molar-refractivity contribution in [2.75, 3.05) is 19.0 Å². The van der Waals surface area contributed by atoms with Gasteiger partial charge in [-0.3, -0.25) is 4.79 Å². The summed E-state index contributed by atoms with van der Waals surface area (Å²) in [6.45, 7) is -0.215. The van der Waals surface area contributed by atoms with E-state index in [9.17, 15) is 14.0 Å². The zero-order valence-electron chi connectivity index (χ0n) is 12.7. The Morgan fingerprint density at radius 2 is 1.79 bits per heavy atom. The number of nitrogens with two attached hydrogens (primary N) is 1. The lowest BCUT2D eigenvalue weighted by Gasteiger charge is -2.09. The van der Waals surface area contributed by atoms with E-state index < -0.39 is 11.9 Å². The average molecular weight is 349 g/mol. The summed E-state index contributed by atoms with van der Waals surface area (Å²) in [5.74, 6) is -0.878. The number of para-hydroxylation sites is 1. The summed E-state index contributed by atoms with van der Waals surface area (Å²) in [6, 6.07) is 12.7. The number of hydrogen-bond acceptors (Lipinski definition) is 5. The largest absolute Gasteiger partial charge is 0.481 e. The van der Waals surface area contributed by atoms with Crippen LogP contribution < -0.4 is 10.5 Å². The lowest BCUT2D eigenvalue weighted by atomic mass is 10.2. The molecule has 0 atom stereocenters. The predicted octanol–water partition coefficient (Wildman–Crippen LogP) is 2.64. The van der Waals surface area contributed by atoms with Gasteiger partial charge in [0.2, 0.25) is 0 Å². The number of ether oxygens (including phenoxy) is 2. The second kappa shape index (κ2) is 8.93. The van der Waals surface area contributed by atoms with Gasteiger partial charge in [0.1, 0.15) is 18.2 Å². The van der Waals surface area contributed by atoms with Crippen LogP contribution >= 0.6 is 11.8 Å². The minimum absolute atomic E-state index is 0.124. The SMILES string of the molecule is NC(=O)c1ccccc1OCC(=O)OCCSc1ccccc1F. The highest BCUT2D eigenvalue weighted by Gasteiger charge is 2.11. The number of hydrogen-bond donors (Lipinski definition) is 1. The Morgan fingerprint density at radius 1 is 1.08 bits per heavy atom. The van der Waals surface area contributed by atoms with Crippen molar-refractivity contribution in [3.05, 3.63) is 59.9 Å². The molecule has 2 rings (SSSR count). The summed E-state index contributed by atoms with van der Waals surface area (Å²) in [4.78, 5) is 23.4. The quantitative estimate of drug-likeness (QED) is 0.450. The maximum Gasteiger partial charge on any atom is 0.344 e. The fraction of sp³-hybridized carbons (Fsp3) is 0.176. The molecule has 0 heterocycles. The number of thioether (sulfide) groups is 1. The van der Waals surface area contributed by atoms with E-state index in [1.54, 1.807) is 36.4 Å². The fourth-order valence-electron chi connectivity index (χ4n) is 1.84. The number of amides is 1. The highest BCUT2D eigenvalue weighted by atomic mass is 32.2. The molecule has 0 aliphatic rings. The molecule has 0 spiro atoms. The summed E-state index contributed by atoms with van der Waals surface area (Å²) in [6.07, 6.45) is 0. The minimum atomic E-state index is -0.639. The molecule has 0 saturated heterocycles. The van der Waals surface area contributed by atoms with Crippen molar-refractivity contribution in [2.45, 2.75) is 4.90 Å². The fourth-order valence-corrected chi connectivity index (χ4v) is 2.61. The minimum Gasteiger partial charge on any atom is -0.481 e. The molecule has 24 heavy (non-hydrogen) atoms. The van der Waals surface area contributed by atoms with Gasteiger partial charge in [0, 0.05) is 10.6 Å². The molecule has 7 heteroatoms. The first kappa shape index (κ1) is 17.8. The van der Waals surface area contributed by atoms with Crippen molar-refractivity contribution in [1.29, 1.82) is 0 Å². The summed E-state index contributed by atoms with van der Waals surface area (Å²) >= 11 is 1.26. The molecule has 2 aromatic carbocycles. The van der Waals surface area contributed by atoms with Crippen LogP contribution in [0.4, 0.5) is 4.39 Å². The van der Waals surface area contributed by atoms with Crippen LogP contribution in [-0.4, -0.2) is 30.8 Å². The topological polar surface area (TPSA) is 78.6 Å². The number of primary amides is 1. The Hall–Kier alpha value is -2.54. The van der Waals surface area contributed by atoms with Crippen LogP contribution in [0.1, 0.15) is 10.4 Å². The van der Waals surface area contributed by atoms with Crippen LogP contribution in [-0.2, 0) is 9.53 Å². The molecule has 0 bridgehead atoms. The molecule has 0 aliphatic carbocycles. The molecule has 1 amide bonds. The van der Waals surface area contributed by atoms with Gasteiger partial charge in [-0.05, 0) is 24.3 Å². The van der Waals surface area contributed by atoms with E-state index in [0.717, 1.165) is 0 Å². The van der Waals surface area contributed by atoms with Gasteiger partial charge in [-0.25, -0.2) is 9.18 Å². The number of halogens is 1. The van der Waals surface area contributed by atoms with E-state index in [4.69, 9.17) is 15.2 Å². The van der Waals surface area contributed by atoms with Crippen molar-refractivity contribution < 1.29 is 23.5 Å². The van der Waals surface area contributed by atoms with Gasteiger partial charge in [0.15, 0.2) is 6.61 Å². The lowest BCUT2D eigenvalue weighted by molar-refractivity contribution is -0.145. The van der Waals surface area contributed by atoms with E-state index in [1.807, 2.05) is 0 Å². The first-order chi connectivity index (χ1) is 11.6. The van der Waals surface area contributed by atoms with Crippen molar-refractivity contribution in [2.24, 2.45) is 5.73 Å². The van der Waals surface area contributed by atoms with Crippen molar-refractivity contribution in [3.63, 3.8) is 0 Å². The molecule has 0 saturated carbocycles. The summed E-state index contributed by atoms with van der Waals surface area (Å²) < 4.78 is 23.7. The van der Waals surface area contributed by atoms with Crippen LogP contribution in [0, 0.1) is 5.82 Å². The normalized spacial score (nSPS) is 10.2. The molecule has 0 fully saturated rings. The van der Waals surface area contributed by atoms with E-state index in [2.05, 4.69) is 0 Å². The first-order valence-electron chi connectivity index (χ1n) is 7.12. The van der Waals surface area contributed by atoms with Gasteiger partial charge in [0.05, 0.1) is 5.56 Å². The molecule has 2 N–H and O–H groups in total. The number of carbonyl (C=O) groups excluding carboxylic acids is 2. The monoisotopic (exact) mass is 349 g/mol. The second-order valence-electron chi connectivity index (χ2n) is 4.65. The number of benzene rings is 2. The van der Waals surface area contributed by atoms with Gasteiger partial charge in [-0.2, -0.15) is 0 Å². The zero-order chi connectivity index (χ0) is 17.4. The Bertz CT molecular complexity index is 723. The Balaban J connectivity index is 1.73. The second-order valence-corrected chi connectivity index (χ2v) is 5.79. The summed E-state index contributed by atoms with van der Waals surface area (Å²) in [7, 11) is 0. The van der Waals surface area contributed by atoms with Crippen molar-refractivity contribution in [3.8, 4) is 5.75 Å². The van der Waals surface area contributed by atoms with Gasteiger partial charge in [-0.1, -0.05) is 24.3 Å². The van der Waals surface area contributed by atoms with Crippen LogP contribution in [0.2, 0.25) is 0 Å². The number of carbonyl (C=O) groups is 2. The van der Waals surface area contributed by atoms with Crippen LogP contribution in [0.5, 0.6) is 5.75 Å². The molecule has 0 aliphatic heterocycles. The van der Waals surface area contributed by atoms with E-state index in [-0.39, 0.29) is 30.3 Å². The lowest BCUT2D eigenvalue weighted by Crippen LogP contribution is -2.18. The van der Waals surface area contributed by atoms with E-state index >= 15 is 0 Å². The number of esters is 1. The maximum atomic E-state index is 13.4. The molecule has 2 aromatic rings. The zero-order valence-corrected chi connectivity index (χ0v) is 13.6. The molecule has 0 unspecified atom stereocenters. The molecule has 5 nitrogen and oxygen atoms in total. The third-order valence-corrected chi connectivity index (χ3v) is 3.95. The van der Waals surface area contributed by atoms with E-state index in [0.29, 0.717) is 10.6 Å². The standard InChI is InChI=1S/C17H16FNO4S/c18-13-6-2-4-8-15(13)24-10-9-22-16(20)11-23-14-7-3-1-5-12(14)17(19)21/h1-8H,9-11H2,(H2,19,21). The third-order valence-electron chi connectivity index (χ3n) is 2.94. The molecular weight excluding hydrogens is 333 g/mol. The Kier molecular flexibility index (Phi) is 6.62. The first-order valence-corrected chi connectivity index (χ1v) is 8.11. The highest BCUT2D eigenvalue weighted by molar-refractivity contribution is 7.99. The average Bonchev–Trinajstić information content (AvgIpc) is 2.58. The van der Waals surface area contributed by atoms with Crippen molar-refractivity contribution >= 4 is 23.6 Å².